The number of nitrogens with zero attached hydrogens (tertiary/aromatic N) is 1. The van der Waals surface area contributed by atoms with Gasteiger partial charge in [-0.3, -0.25) is 0 Å². The number of aliphatic hydroxyl groups is 1. The molecule has 1 aliphatic rings. The lowest BCUT2D eigenvalue weighted by molar-refractivity contribution is 0.110. The van der Waals surface area contributed by atoms with Gasteiger partial charge in [0, 0.05) is 13.1 Å². The Kier molecular flexibility index (Phi) is 5.45. The molecule has 3 heteroatoms. The Hall–Kier alpha value is -0.120. The molecule has 1 saturated heterocycles. The first-order valence-electron chi connectivity index (χ1n) is 5.79. The Morgan fingerprint density at radius 2 is 2.07 bits per heavy atom. The largest absolute Gasteiger partial charge is 0.392 e. The van der Waals surface area contributed by atoms with Gasteiger partial charge in [-0.05, 0) is 45.3 Å². The molecule has 2 N–H and O–H groups in total. The van der Waals surface area contributed by atoms with Crippen molar-refractivity contribution in [3.05, 3.63) is 0 Å². The fraction of sp³-hybridized carbons (Fsp3) is 1.00. The predicted octanol–water partition coefficient (Wildman–Crippen LogP) is 0.689. The standard InChI is InChI=1S/C11H24N2O/c1-3-11(14)9-13(2)8-10-4-6-12-7-5-10/h10-12,14H,3-9H2,1-2H3. The second-order valence-electron chi connectivity index (χ2n) is 4.48. The van der Waals surface area contributed by atoms with Crippen LogP contribution in [0.2, 0.25) is 0 Å². The van der Waals surface area contributed by atoms with Gasteiger partial charge in [0.1, 0.15) is 0 Å². The molecule has 0 aromatic carbocycles. The van der Waals surface area contributed by atoms with Crippen LogP contribution < -0.4 is 5.32 Å². The summed E-state index contributed by atoms with van der Waals surface area (Å²) < 4.78 is 0. The second-order valence-corrected chi connectivity index (χ2v) is 4.48. The molecule has 1 aliphatic heterocycles. The van der Waals surface area contributed by atoms with Gasteiger partial charge in [-0.15, -0.1) is 0 Å². The third-order valence-corrected chi connectivity index (χ3v) is 3.02. The van der Waals surface area contributed by atoms with Crippen molar-refractivity contribution >= 4 is 0 Å². The summed E-state index contributed by atoms with van der Waals surface area (Å²) in [5, 5.41) is 12.9. The zero-order valence-corrected chi connectivity index (χ0v) is 9.50. The van der Waals surface area contributed by atoms with Gasteiger partial charge in [0.05, 0.1) is 6.10 Å². The minimum absolute atomic E-state index is 0.151. The number of hydrogen-bond donors (Lipinski definition) is 2. The molecule has 84 valence electrons. The Balaban J connectivity index is 2.14. The summed E-state index contributed by atoms with van der Waals surface area (Å²) >= 11 is 0. The molecule has 0 aromatic heterocycles. The van der Waals surface area contributed by atoms with Gasteiger partial charge in [0.2, 0.25) is 0 Å². The summed E-state index contributed by atoms with van der Waals surface area (Å²) in [6, 6.07) is 0. The van der Waals surface area contributed by atoms with Crippen molar-refractivity contribution in [2.75, 3.05) is 33.2 Å². The van der Waals surface area contributed by atoms with Crippen molar-refractivity contribution in [3.63, 3.8) is 0 Å². The highest BCUT2D eigenvalue weighted by molar-refractivity contribution is 4.72. The van der Waals surface area contributed by atoms with Crippen LogP contribution in [0.1, 0.15) is 26.2 Å². The highest BCUT2D eigenvalue weighted by Gasteiger charge is 2.15. The molecule has 1 unspecified atom stereocenters. The van der Waals surface area contributed by atoms with Gasteiger partial charge in [0.15, 0.2) is 0 Å². The van der Waals surface area contributed by atoms with Crippen molar-refractivity contribution in [1.82, 2.24) is 10.2 Å². The predicted molar refractivity (Wildman–Crippen MR) is 59.4 cm³/mol. The third-order valence-electron chi connectivity index (χ3n) is 3.02. The lowest BCUT2D eigenvalue weighted by Gasteiger charge is -2.28. The first kappa shape index (κ1) is 12.0. The Morgan fingerprint density at radius 3 is 2.64 bits per heavy atom. The molecular weight excluding hydrogens is 176 g/mol. The van der Waals surface area contributed by atoms with Crippen LogP contribution in [-0.2, 0) is 0 Å². The molecule has 0 spiro atoms. The molecule has 0 bridgehead atoms. The molecule has 14 heavy (non-hydrogen) atoms. The summed E-state index contributed by atoms with van der Waals surface area (Å²) in [6.45, 7) is 6.31. The smallest absolute Gasteiger partial charge is 0.0664 e. The maximum absolute atomic E-state index is 9.50. The summed E-state index contributed by atoms with van der Waals surface area (Å²) in [5.41, 5.74) is 0. The number of hydrogen-bond acceptors (Lipinski definition) is 3. The molecule has 3 nitrogen and oxygen atoms in total. The Labute approximate surface area is 87.5 Å². The molecule has 0 amide bonds. The SMILES string of the molecule is CCC(O)CN(C)CC1CCNCC1. The van der Waals surface area contributed by atoms with Crippen molar-refractivity contribution in [2.45, 2.75) is 32.3 Å². The fourth-order valence-electron chi connectivity index (χ4n) is 2.07. The minimum atomic E-state index is -0.151. The lowest BCUT2D eigenvalue weighted by Crippen LogP contribution is -2.37. The number of likely N-dealkylation sites (N-methyl/N-ethyl adjacent to an activating group) is 1. The van der Waals surface area contributed by atoms with Crippen molar-refractivity contribution < 1.29 is 5.11 Å². The topological polar surface area (TPSA) is 35.5 Å². The maximum Gasteiger partial charge on any atom is 0.0664 e. The van der Waals surface area contributed by atoms with E-state index in [4.69, 9.17) is 0 Å². The van der Waals surface area contributed by atoms with E-state index in [1.54, 1.807) is 0 Å². The van der Waals surface area contributed by atoms with Crippen LogP contribution in [0.5, 0.6) is 0 Å². The van der Waals surface area contributed by atoms with Crippen LogP contribution >= 0.6 is 0 Å². The Morgan fingerprint density at radius 1 is 1.43 bits per heavy atom. The minimum Gasteiger partial charge on any atom is -0.392 e. The maximum atomic E-state index is 9.50. The van der Waals surface area contributed by atoms with Crippen LogP contribution in [0.15, 0.2) is 0 Å². The zero-order chi connectivity index (χ0) is 10.4. The van der Waals surface area contributed by atoms with E-state index in [0.29, 0.717) is 0 Å². The van der Waals surface area contributed by atoms with Gasteiger partial charge in [0.25, 0.3) is 0 Å². The van der Waals surface area contributed by atoms with Crippen LogP contribution in [0.25, 0.3) is 0 Å². The fourth-order valence-corrected chi connectivity index (χ4v) is 2.07. The number of aliphatic hydroxyl groups excluding tert-OH is 1. The molecule has 0 saturated carbocycles. The number of piperidine rings is 1. The Bertz CT molecular complexity index is 146. The van der Waals surface area contributed by atoms with E-state index in [1.807, 2.05) is 6.92 Å². The molecule has 1 heterocycles. The normalized spacial score (nSPS) is 21.4. The zero-order valence-electron chi connectivity index (χ0n) is 9.50. The van der Waals surface area contributed by atoms with Crippen LogP contribution in [0.3, 0.4) is 0 Å². The van der Waals surface area contributed by atoms with Crippen LogP contribution in [0.4, 0.5) is 0 Å². The number of nitrogens with one attached hydrogen (secondary N) is 1. The summed E-state index contributed by atoms with van der Waals surface area (Å²) in [6.07, 6.45) is 3.28. The van der Waals surface area contributed by atoms with E-state index in [0.717, 1.165) is 38.5 Å². The average Bonchev–Trinajstić information content (AvgIpc) is 2.19. The van der Waals surface area contributed by atoms with E-state index in [-0.39, 0.29) is 6.10 Å². The van der Waals surface area contributed by atoms with Crippen LogP contribution in [0, 0.1) is 5.92 Å². The van der Waals surface area contributed by atoms with E-state index >= 15 is 0 Å². The monoisotopic (exact) mass is 200 g/mol. The van der Waals surface area contributed by atoms with Gasteiger partial charge >= 0.3 is 0 Å². The molecule has 1 fully saturated rings. The summed E-state index contributed by atoms with van der Waals surface area (Å²) in [4.78, 5) is 2.27. The van der Waals surface area contributed by atoms with E-state index in [2.05, 4.69) is 17.3 Å². The van der Waals surface area contributed by atoms with Crippen LogP contribution in [-0.4, -0.2) is 49.3 Å². The van der Waals surface area contributed by atoms with E-state index in [9.17, 15) is 5.11 Å². The van der Waals surface area contributed by atoms with Gasteiger partial charge < -0.3 is 15.3 Å². The molecule has 1 atom stereocenters. The highest BCUT2D eigenvalue weighted by Crippen LogP contribution is 2.12. The van der Waals surface area contributed by atoms with Gasteiger partial charge in [-0.25, -0.2) is 0 Å². The first-order valence-corrected chi connectivity index (χ1v) is 5.79. The van der Waals surface area contributed by atoms with Crippen molar-refractivity contribution in [3.8, 4) is 0 Å². The molecule has 0 radical (unpaired) electrons. The molecule has 0 aliphatic carbocycles. The van der Waals surface area contributed by atoms with Crippen molar-refractivity contribution in [2.24, 2.45) is 5.92 Å². The van der Waals surface area contributed by atoms with Gasteiger partial charge in [-0.2, -0.15) is 0 Å². The van der Waals surface area contributed by atoms with E-state index < -0.39 is 0 Å². The quantitative estimate of drug-likeness (QED) is 0.685. The molecule has 0 aromatic rings. The van der Waals surface area contributed by atoms with Gasteiger partial charge in [-0.1, -0.05) is 6.92 Å². The molecular formula is C11H24N2O. The second kappa shape index (κ2) is 6.38. The third kappa shape index (κ3) is 4.40. The highest BCUT2D eigenvalue weighted by atomic mass is 16.3. The number of rotatable bonds is 5. The first-order chi connectivity index (χ1) is 6.72. The van der Waals surface area contributed by atoms with E-state index in [1.165, 1.54) is 12.8 Å². The lowest BCUT2D eigenvalue weighted by atomic mass is 9.97. The molecule has 1 rings (SSSR count). The van der Waals surface area contributed by atoms with Crippen molar-refractivity contribution in [1.29, 1.82) is 0 Å². The summed E-state index contributed by atoms with van der Waals surface area (Å²) in [5.74, 6) is 0.824. The summed E-state index contributed by atoms with van der Waals surface area (Å²) in [7, 11) is 2.11. The average molecular weight is 200 g/mol.